The fourth-order valence-electron chi connectivity index (χ4n) is 3.51. The Morgan fingerprint density at radius 3 is 2.30 bits per heavy atom. The SMILES string of the molecule is CNCC(Cc1ccc(OC)cc1)C1CCCCCC1. The van der Waals surface area contributed by atoms with Crippen LogP contribution in [0.1, 0.15) is 44.1 Å². The molecule has 1 fully saturated rings. The van der Waals surface area contributed by atoms with E-state index in [0.717, 1.165) is 24.1 Å². The molecular formula is C18H29NO. The van der Waals surface area contributed by atoms with Crippen LogP contribution in [0.2, 0.25) is 0 Å². The van der Waals surface area contributed by atoms with E-state index in [4.69, 9.17) is 4.74 Å². The molecule has 2 rings (SSSR count). The molecule has 0 bridgehead atoms. The van der Waals surface area contributed by atoms with Gasteiger partial charge in [-0.25, -0.2) is 0 Å². The molecule has 1 unspecified atom stereocenters. The fourth-order valence-corrected chi connectivity index (χ4v) is 3.51. The van der Waals surface area contributed by atoms with E-state index in [2.05, 4.69) is 36.6 Å². The van der Waals surface area contributed by atoms with Crippen LogP contribution in [0, 0.1) is 11.8 Å². The highest BCUT2D eigenvalue weighted by atomic mass is 16.5. The Kier molecular flexibility index (Phi) is 6.38. The Morgan fingerprint density at radius 1 is 1.10 bits per heavy atom. The molecule has 0 aromatic heterocycles. The number of ether oxygens (including phenoxy) is 1. The zero-order valence-corrected chi connectivity index (χ0v) is 13.0. The lowest BCUT2D eigenvalue weighted by Crippen LogP contribution is -2.27. The third-order valence-electron chi connectivity index (χ3n) is 4.69. The van der Waals surface area contributed by atoms with Crippen molar-refractivity contribution < 1.29 is 4.74 Å². The summed E-state index contributed by atoms with van der Waals surface area (Å²) in [6, 6.07) is 8.61. The van der Waals surface area contributed by atoms with E-state index in [1.807, 2.05) is 0 Å². The number of methoxy groups -OCH3 is 1. The lowest BCUT2D eigenvalue weighted by molar-refractivity contribution is 0.289. The minimum Gasteiger partial charge on any atom is -0.497 e. The Labute approximate surface area is 123 Å². The summed E-state index contributed by atoms with van der Waals surface area (Å²) < 4.78 is 5.24. The van der Waals surface area contributed by atoms with Gasteiger partial charge in [-0.05, 0) is 49.5 Å². The van der Waals surface area contributed by atoms with E-state index in [-0.39, 0.29) is 0 Å². The van der Waals surface area contributed by atoms with E-state index in [1.165, 1.54) is 50.5 Å². The summed E-state index contributed by atoms with van der Waals surface area (Å²) in [7, 11) is 3.81. The topological polar surface area (TPSA) is 21.3 Å². The lowest BCUT2D eigenvalue weighted by Gasteiger charge is -2.26. The first-order chi connectivity index (χ1) is 9.83. The van der Waals surface area contributed by atoms with E-state index >= 15 is 0 Å². The fraction of sp³-hybridized carbons (Fsp3) is 0.667. The minimum atomic E-state index is 0.770. The summed E-state index contributed by atoms with van der Waals surface area (Å²) >= 11 is 0. The Hall–Kier alpha value is -1.02. The monoisotopic (exact) mass is 275 g/mol. The van der Waals surface area contributed by atoms with Gasteiger partial charge in [0, 0.05) is 0 Å². The van der Waals surface area contributed by atoms with Crippen LogP contribution < -0.4 is 10.1 Å². The highest BCUT2D eigenvalue weighted by molar-refractivity contribution is 5.27. The minimum absolute atomic E-state index is 0.770. The predicted octanol–water partition coefficient (Wildman–Crippen LogP) is 4.04. The molecule has 0 radical (unpaired) electrons. The van der Waals surface area contributed by atoms with Crippen LogP contribution in [-0.2, 0) is 6.42 Å². The zero-order valence-electron chi connectivity index (χ0n) is 13.0. The highest BCUT2D eigenvalue weighted by Crippen LogP contribution is 2.31. The highest BCUT2D eigenvalue weighted by Gasteiger charge is 2.22. The van der Waals surface area contributed by atoms with Crippen LogP contribution in [0.4, 0.5) is 0 Å². The average Bonchev–Trinajstić information content (AvgIpc) is 2.76. The predicted molar refractivity (Wildman–Crippen MR) is 85.3 cm³/mol. The van der Waals surface area contributed by atoms with Crippen molar-refractivity contribution in [3.8, 4) is 5.75 Å². The number of nitrogens with one attached hydrogen (secondary N) is 1. The van der Waals surface area contributed by atoms with E-state index in [1.54, 1.807) is 7.11 Å². The molecule has 1 saturated carbocycles. The van der Waals surface area contributed by atoms with Gasteiger partial charge in [-0.1, -0.05) is 50.7 Å². The lowest BCUT2D eigenvalue weighted by atomic mass is 9.82. The maximum atomic E-state index is 5.24. The van der Waals surface area contributed by atoms with Crippen molar-refractivity contribution in [1.82, 2.24) is 5.32 Å². The van der Waals surface area contributed by atoms with Gasteiger partial charge in [-0.15, -0.1) is 0 Å². The number of hydrogen-bond acceptors (Lipinski definition) is 2. The van der Waals surface area contributed by atoms with Crippen molar-refractivity contribution in [1.29, 1.82) is 0 Å². The van der Waals surface area contributed by atoms with Crippen LogP contribution in [-0.4, -0.2) is 20.7 Å². The second-order valence-corrected chi connectivity index (χ2v) is 6.12. The van der Waals surface area contributed by atoms with Crippen LogP contribution in [0.5, 0.6) is 5.75 Å². The zero-order chi connectivity index (χ0) is 14.2. The summed E-state index contributed by atoms with van der Waals surface area (Å²) in [5.74, 6) is 2.62. The molecule has 1 atom stereocenters. The van der Waals surface area contributed by atoms with Gasteiger partial charge < -0.3 is 10.1 Å². The molecule has 0 amide bonds. The second-order valence-electron chi connectivity index (χ2n) is 6.12. The summed E-state index contributed by atoms with van der Waals surface area (Å²) in [4.78, 5) is 0. The Bertz CT molecular complexity index is 366. The van der Waals surface area contributed by atoms with Crippen molar-refractivity contribution >= 4 is 0 Å². The van der Waals surface area contributed by atoms with Gasteiger partial charge in [0.05, 0.1) is 7.11 Å². The summed E-state index contributed by atoms with van der Waals surface area (Å²) in [6.45, 7) is 1.14. The largest absolute Gasteiger partial charge is 0.497 e. The molecule has 1 N–H and O–H groups in total. The first-order valence-electron chi connectivity index (χ1n) is 8.11. The van der Waals surface area contributed by atoms with Crippen LogP contribution in [0.3, 0.4) is 0 Å². The third kappa shape index (κ3) is 4.52. The quantitative estimate of drug-likeness (QED) is 0.791. The molecule has 0 saturated heterocycles. The molecule has 2 nitrogen and oxygen atoms in total. The average molecular weight is 275 g/mol. The van der Waals surface area contributed by atoms with Gasteiger partial charge in [-0.2, -0.15) is 0 Å². The molecule has 20 heavy (non-hydrogen) atoms. The van der Waals surface area contributed by atoms with E-state index in [0.29, 0.717) is 0 Å². The summed E-state index contributed by atoms with van der Waals surface area (Å²) in [5, 5.41) is 3.40. The third-order valence-corrected chi connectivity index (χ3v) is 4.69. The molecule has 1 aliphatic carbocycles. The van der Waals surface area contributed by atoms with Crippen molar-refractivity contribution in [3.05, 3.63) is 29.8 Å². The van der Waals surface area contributed by atoms with Gasteiger partial charge in [0.2, 0.25) is 0 Å². The van der Waals surface area contributed by atoms with Gasteiger partial charge in [0.1, 0.15) is 5.75 Å². The van der Waals surface area contributed by atoms with E-state index in [9.17, 15) is 0 Å². The van der Waals surface area contributed by atoms with Crippen LogP contribution in [0.15, 0.2) is 24.3 Å². The Morgan fingerprint density at radius 2 is 1.75 bits per heavy atom. The molecule has 1 aromatic carbocycles. The van der Waals surface area contributed by atoms with Crippen molar-refractivity contribution in [2.75, 3.05) is 20.7 Å². The van der Waals surface area contributed by atoms with E-state index < -0.39 is 0 Å². The molecule has 112 valence electrons. The van der Waals surface area contributed by atoms with Crippen molar-refractivity contribution in [3.63, 3.8) is 0 Å². The van der Waals surface area contributed by atoms with Crippen molar-refractivity contribution in [2.45, 2.75) is 44.9 Å². The van der Waals surface area contributed by atoms with Crippen molar-refractivity contribution in [2.24, 2.45) is 11.8 Å². The van der Waals surface area contributed by atoms with Gasteiger partial charge >= 0.3 is 0 Å². The maximum absolute atomic E-state index is 5.24. The summed E-state index contributed by atoms with van der Waals surface area (Å²) in [6.07, 6.45) is 9.75. The smallest absolute Gasteiger partial charge is 0.118 e. The molecule has 2 heteroatoms. The van der Waals surface area contributed by atoms with Gasteiger partial charge in [-0.3, -0.25) is 0 Å². The molecular weight excluding hydrogens is 246 g/mol. The molecule has 0 aliphatic heterocycles. The normalized spacial score (nSPS) is 18.5. The molecule has 1 aliphatic rings. The van der Waals surface area contributed by atoms with Crippen LogP contribution >= 0.6 is 0 Å². The maximum Gasteiger partial charge on any atom is 0.118 e. The summed E-state index contributed by atoms with van der Waals surface area (Å²) in [5.41, 5.74) is 1.44. The standard InChI is InChI=1S/C18H29NO/c1-19-14-17(16-7-5-3-4-6-8-16)13-15-9-11-18(20-2)12-10-15/h9-12,16-17,19H,3-8,13-14H2,1-2H3. The van der Waals surface area contributed by atoms with Gasteiger partial charge in [0.15, 0.2) is 0 Å². The van der Waals surface area contributed by atoms with Crippen LogP contribution in [0.25, 0.3) is 0 Å². The molecule has 0 heterocycles. The second kappa shape index (κ2) is 8.31. The molecule has 0 spiro atoms. The number of hydrogen-bond donors (Lipinski definition) is 1. The first-order valence-corrected chi connectivity index (χ1v) is 8.11. The Balaban J connectivity index is 1.99. The number of benzene rings is 1. The first kappa shape index (κ1) is 15.4. The molecule has 1 aromatic rings. The number of rotatable bonds is 6. The van der Waals surface area contributed by atoms with Gasteiger partial charge in [0.25, 0.3) is 0 Å².